The molecule has 1 saturated heterocycles. The summed E-state index contributed by atoms with van der Waals surface area (Å²) >= 11 is 6.15. The summed E-state index contributed by atoms with van der Waals surface area (Å²) in [4.78, 5) is 17.0. The van der Waals surface area contributed by atoms with Crippen LogP contribution >= 0.6 is 11.6 Å². The molecular formula is C21H26ClN3O2. The minimum absolute atomic E-state index is 0.0626. The van der Waals surface area contributed by atoms with Crippen molar-refractivity contribution in [3.8, 4) is 5.75 Å². The SMILES string of the molecule is COc1ccc(Cl)cc1N1CCN([C@@H](C)C(=O)NCc2ccccc2)CC1. The number of nitrogens with zero attached hydrogens (tertiary/aromatic N) is 2. The van der Waals surface area contributed by atoms with Crippen LogP contribution in [0.15, 0.2) is 48.5 Å². The number of benzene rings is 2. The summed E-state index contributed by atoms with van der Waals surface area (Å²) in [6.07, 6.45) is 0. The number of nitrogens with one attached hydrogen (secondary N) is 1. The third kappa shape index (κ3) is 4.93. The Morgan fingerprint density at radius 3 is 2.52 bits per heavy atom. The number of methoxy groups -OCH3 is 1. The van der Waals surface area contributed by atoms with E-state index in [1.807, 2.05) is 55.5 Å². The Kier molecular flexibility index (Phi) is 6.58. The van der Waals surface area contributed by atoms with Crippen LogP contribution in [0.3, 0.4) is 0 Å². The van der Waals surface area contributed by atoms with Gasteiger partial charge in [-0.25, -0.2) is 0 Å². The number of carbonyl (C=O) groups is 1. The lowest BCUT2D eigenvalue weighted by Gasteiger charge is -2.39. The molecule has 1 aliphatic heterocycles. The number of carbonyl (C=O) groups excluding carboxylic acids is 1. The van der Waals surface area contributed by atoms with Crippen molar-refractivity contribution in [2.75, 3.05) is 38.2 Å². The molecule has 0 saturated carbocycles. The van der Waals surface area contributed by atoms with Gasteiger partial charge in [-0.1, -0.05) is 41.9 Å². The maximum Gasteiger partial charge on any atom is 0.237 e. The number of anilines is 1. The fourth-order valence-electron chi connectivity index (χ4n) is 3.36. The van der Waals surface area contributed by atoms with Crippen LogP contribution in [0.5, 0.6) is 5.75 Å². The van der Waals surface area contributed by atoms with E-state index in [1.165, 1.54) is 0 Å². The number of halogens is 1. The van der Waals surface area contributed by atoms with Gasteiger partial charge < -0.3 is 15.0 Å². The molecule has 0 radical (unpaired) electrons. The molecule has 1 heterocycles. The van der Waals surface area contributed by atoms with Crippen molar-refractivity contribution >= 4 is 23.2 Å². The van der Waals surface area contributed by atoms with Crippen LogP contribution in [0.25, 0.3) is 0 Å². The molecule has 0 bridgehead atoms. The van der Waals surface area contributed by atoms with Crippen molar-refractivity contribution in [1.82, 2.24) is 10.2 Å². The van der Waals surface area contributed by atoms with Crippen molar-refractivity contribution < 1.29 is 9.53 Å². The third-order valence-corrected chi connectivity index (χ3v) is 5.27. The number of hydrogen-bond donors (Lipinski definition) is 1. The van der Waals surface area contributed by atoms with Crippen LogP contribution in [0.4, 0.5) is 5.69 Å². The fraction of sp³-hybridized carbons (Fsp3) is 0.381. The van der Waals surface area contributed by atoms with E-state index in [4.69, 9.17) is 16.3 Å². The van der Waals surface area contributed by atoms with Crippen LogP contribution in [0.2, 0.25) is 5.02 Å². The molecule has 6 heteroatoms. The first kappa shape index (κ1) is 19.5. The molecule has 1 amide bonds. The van der Waals surface area contributed by atoms with E-state index in [-0.39, 0.29) is 11.9 Å². The summed E-state index contributed by atoms with van der Waals surface area (Å²) in [5, 5.41) is 3.73. The van der Waals surface area contributed by atoms with Gasteiger partial charge in [0.2, 0.25) is 5.91 Å². The summed E-state index contributed by atoms with van der Waals surface area (Å²) in [6.45, 7) is 5.81. The van der Waals surface area contributed by atoms with Crippen LogP contribution in [-0.4, -0.2) is 50.1 Å². The van der Waals surface area contributed by atoms with Crippen LogP contribution in [-0.2, 0) is 11.3 Å². The minimum Gasteiger partial charge on any atom is -0.495 e. The smallest absolute Gasteiger partial charge is 0.237 e. The average molecular weight is 388 g/mol. The molecule has 27 heavy (non-hydrogen) atoms. The molecule has 1 atom stereocenters. The largest absolute Gasteiger partial charge is 0.495 e. The van der Waals surface area contributed by atoms with Crippen LogP contribution in [0.1, 0.15) is 12.5 Å². The normalized spacial score (nSPS) is 16.0. The second-order valence-corrected chi connectivity index (χ2v) is 7.15. The third-order valence-electron chi connectivity index (χ3n) is 5.03. The molecule has 0 unspecified atom stereocenters. The molecular weight excluding hydrogens is 362 g/mol. The van der Waals surface area contributed by atoms with E-state index in [0.717, 1.165) is 43.2 Å². The van der Waals surface area contributed by atoms with Gasteiger partial charge in [0.15, 0.2) is 0 Å². The lowest BCUT2D eigenvalue weighted by atomic mass is 10.1. The van der Waals surface area contributed by atoms with Crippen molar-refractivity contribution in [2.24, 2.45) is 0 Å². The van der Waals surface area contributed by atoms with Gasteiger partial charge in [0.05, 0.1) is 18.8 Å². The first-order valence-corrected chi connectivity index (χ1v) is 9.60. The topological polar surface area (TPSA) is 44.8 Å². The van der Waals surface area contributed by atoms with Crippen molar-refractivity contribution in [1.29, 1.82) is 0 Å². The Hall–Kier alpha value is -2.24. The molecule has 0 spiro atoms. The predicted molar refractivity (Wildman–Crippen MR) is 110 cm³/mol. The zero-order chi connectivity index (χ0) is 19.2. The van der Waals surface area contributed by atoms with E-state index in [9.17, 15) is 4.79 Å². The Morgan fingerprint density at radius 2 is 1.85 bits per heavy atom. The maximum absolute atomic E-state index is 12.5. The van der Waals surface area contributed by atoms with Gasteiger partial charge in [0.1, 0.15) is 5.75 Å². The first-order valence-electron chi connectivity index (χ1n) is 9.22. The second-order valence-electron chi connectivity index (χ2n) is 6.72. The number of ether oxygens (including phenoxy) is 1. The number of amides is 1. The average Bonchev–Trinajstić information content (AvgIpc) is 2.72. The molecule has 0 aromatic heterocycles. The standard InChI is InChI=1S/C21H26ClN3O2/c1-16(21(26)23-15-17-6-4-3-5-7-17)24-10-12-25(13-11-24)19-14-18(22)8-9-20(19)27-2/h3-9,14,16H,10-13,15H2,1-2H3,(H,23,26)/t16-/m0/s1. The Bertz CT molecular complexity index is 761. The van der Waals surface area contributed by atoms with Crippen LogP contribution in [0, 0.1) is 0 Å². The second kappa shape index (κ2) is 9.11. The number of piperazine rings is 1. The molecule has 1 fully saturated rings. The molecule has 144 valence electrons. The summed E-state index contributed by atoms with van der Waals surface area (Å²) < 4.78 is 5.46. The maximum atomic E-state index is 12.5. The zero-order valence-corrected chi connectivity index (χ0v) is 16.6. The van der Waals surface area contributed by atoms with Gasteiger partial charge in [0, 0.05) is 37.7 Å². The summed E-state index contributed by atoms with van der Waals surface area (Å²) in [5.74, 6) is 0.883. The van der Waals surface area contributed by atoms with Gasteiger partial charge in [-0.2, -0.15) is 0 Å². The lowest BCUT2D eigenvalue weighted by molar-refractivity contribution is -0.126. The Balaban J connectivity index is 1.54. The Morgan fingerprint density at radius 1 is 1.15 bits per heavy atom. The van der Waals surface area contributed by atoms with Gasteiger partial charge in [0.25, 0.3) is 0 Å². The van der Waals surface area contributed by atoms with E-state index < -0.39 is 0 Å². The zero-order valence-electron chi connectivity index (χ0n) is 15.8. The van der Waals surface area contributed by atoms with E-state index in [2.05, 4.69) is 15.1 Å². The first-order chi connectivity index (χ1) is 13.1. The van der Waals surface area contributed by atoms with Gasteiger partial charge >= 0.3 is 0 Å². The van der Waals surface area contributed by atoms with E-state index >= 15 is 0 Å². The monoisotopic (exact) mass is 387 g/mol. The van der Waals surface area contributed by atoms with E-state index in [0.29, 0.717) is 11.6 Å². The molecule has 0 aliphatic carbocycles. The molecule has 1 N–H and O–H groups in total. The fourth-order valence-corrected chi connectivity index (χ4v) is 3.53. The highest BCUT2D eigenvalue weighted by Gasteiger charge is 2.26. The predicted octanol–water partition coefficient (Wildman–Crippen LogP) is 3.18. The Labute approximate surface area is 165 Å². The summed E-state index contributed by atoms with van der Waals surface area (Å²) in [7, 11) is 1.67. The summed E-state index contributed by atoms with van der Waals surface area (Å²) in [5.41, 5.74) is 2.11. The number of rotatable bonds is 6. The highest BCUT2D eigenvalue weighted by molar-refractivity contribution is 6.30. The van der Waals surface area contributed by atoms with Crippen molar-refractivity contribution in [2.45, 2.75) is 19.5 Å². The quantitative estimate of drug-likeness (QED) is 0.826. The van der Waals surface area contributed by atoms with Crippen LogP contribution < -0.4 is 15.0 Å². The van der Waals surface area contributed by atoms with Gasteiger partial charge in [-0.15, -0.1) is 0 Å². The lowest BCUT2D eigenvalue weighted by Crippen LogP contribution is -2.53. The minimum atomic E-state index is -0.155. The van der Waals surface area contributed by atoms with Gasteiger partial charge in [-0.3, -0.25) is 9.69 Å². The molecule has 2 aromatic carbocycles. The molecule has 5 nitrogen and oxygen atoms in total. The van der Waals surface area contributed by atoms with Crippen molar-refractivity contribution in [3.05, 3.63) is 59.1 Å². The van der Waals surface area contributed by atoms with Crippen molar-refractivity contribution in [3.63, 3.8) is 0 Å². The highest BCUT2D eigenvalue weighted by Crippen LogP contribution is 2.32. The van der Waals surface area contributed by atoms with Gasteiger partial charge in [-0.05, 0) is 30.7 Å². The number of hydrogen-bond acceptors (Lipinski definition) is 4. The molecule has 1 aliphatic rings. The molecule has 3 rings (SSSR count). The van der Waals surface area contributed by atoms with E-state index in [1.54, 1.807) is 7.11 Å². The summed E-state index contributed by atoms with van der Waals surface area (Å²) in [6, 6.07) is 15.5. The highest BCUT2D eigenvalue weighted by atomic mass is 35.5. The molecule has 2 aromatic rings.